The van der Waals surface area contributed by atoms with E-state index in [1.165, 1.54) is 11.0 Å². The van der Waals surface area contributed by atoms with Gasteiger partial charge in [0.15, 0.2) is 0 Å². The Morgan fingerprint density at radius 3 is 2.28 bits per heavy atom. The second kappa shape index (κ2) is 8.26. The molecule has 5 unspecified atom stereocenters. The number of hydrogen-bond donors (Lipinski definition) is 2. The number of nitrogens with one attached hydrogen (secondary N) is 2. The van der Waals surface area contributed by atoms with Crippen molar-refractivity contribution < 1.29 is 14.4 Å². The van der Waals surface area contributed by atoms with Crippen LogP contribution in [0, 0.1) is 23.7 Å². The average molecular weight is 470 g/mol. The molecule has 2 fully saturated rings. The molecule has 0 radical (unpaired) electrons. The van der Waals surface area contributed by atoms with Gasteiger partial charge in [0.1, 0.15) is 6.17 Å². The van der Waals surface area contributed by atoms with E-state index in [9.17, 15) is 14.4 Å². The summed E-state index contributed by atoms with van der Waals surface area (Å²) in [5.41, 5.74) is 1.28. The quantitative estimate of drug-likeness (QED) is 0.499. The van der Waals surface area contributed by atoms with E-state index < -0.39 is 12.2 Å². The number of amides is 4. The summed E-state index contributed by atoms with van der Waals surface area (Å²) in [5.74, 6) is -0.862. The van der Waals surface area contributed by atoms with Crippen LogP contribution in [0.3, 0.4) is 0 Å². The molecule has 1 heterocycles. The van der Waals surface area contributed by atoms with Crippen LogP contribution in [0.5, 0.6) is 0 Å². The zero-order valence-corrected chi connectivity index (χ0v) is 18.5. The lowest BCUT2D eigenvalue weighted by atomic mass is 9.85. The van der Waals surface area contributed by atoms with E-state index in [-0.39, 0.29) is 40.5 Å². The Bertz CT molecular complexity index is 1090. The third kappa shape index (κ3) is 3.67. The highest BCUT2D eigenvalue weighted by Gasteiger charge is 2.60. The highest BCUT2D eigenvalue weighted by atomic mass is 35.5. The number of carbonyl (C=O) groups excluding carboxylic acids is 3. The van der Waals surface area contributed by atoms with E-state index in [0.29, 0.717) is 17.1 Å². The molecule has 2 aromatic rings. The molecule has 164 valence electrons. The number of rotatable bonds is 5. The maximum absolute atomic E-state index is 13.3. The summed E-state index contributed by atoms with van der Waals surface area (Å²) in [4.78, 5) is 40.7. The molecule has 0 aromatic heterocycles. The van der Waals surface area contributed by atoms with Crippen molar-refractivity contribution in [2.45, 2.75) is 19.0 Å². The Morgan fingerprint density at radius 1 is 1.00 bits per heavy atom. The van der Waals surface area contributed by atoms with Crippen LogP contribution in [0.2, 0.25) is 10.0 Å². The van der Waals surface area contributed by atoms with Crippen LogP contribution in [-0.4, -0.2) is 28.9 Å². The molecule has 8 heteroatoms. The van der Waals surface area contributed by atoms with Gasteiger partial charge in [-0.05, 0) is 42.0 Å². The highest BCUT2D eigenvalue weighted by molar-refractivity contribution is 6.36. The van der Waals surface area contributed by atoms with E-state index in [4.69, 9.17) is 23.2 Å². The Morgan fingerprint density at radius 2 is 1.66 bits per heavy atom. The van der Waals surface area contributed by atoms with Gasteiger partial charge in [-0.1, -0.05) is 65.7 Å². The molecule has 1 saturated heterocycles. The third-order valence-electron chi connectivity index (χ3n) is 6.57. The molecule has 32 heavy (non-hydrogen) atoms. The van der Waals surface area contributed by atoms with Crippen LogP contribution >= 0.6 is 23.2 Å². The topological polar surface area (TPSA) is 78.5 Å². The predicted octanol–water partition coefficient (Wildman–Crippen LogP) is 4.49. The lowest BCUT2D eigenvalue weighted by molar-refractivity contribution is -0.143. The van der Waals surface area contributed by atoms with E-state index in [2.05, 4.69) is 22.8 Å². The number of hydrogen-bond acceptors (Lipinski definition) is 3. The largest absolute Gasteiger partial charge is 0.320 e. The number of fused-ring (bicyclic) bond motifs is 5. The van der Waals surface area contributed by atoms with Gasteiger partial charge in [-0.2, -0.15) is 0 Å². The lowest BCUT2D eigenvalue weighted by Gasteiger charge is -2.29. The first-order valence-electron chi connectivity index (χ1n) is 10.5. The van der Waals surface area contributed by atoms with Crippen molar-refractivity contribution in [3.05, 3.63) is 76.3 Å². The number of likely N-dealkylation sites (tertiary alicyclic amines) is 1. The molecular weight excluding hydrogens is 449 g/mol. The standard InChI is InChI=1S/C24H21Cl2N3O3/c25-16-8-9-18(17(26)12-16)27-24(32)28-19(10-13-4-2-1-3-5-13)29-22(30)20-14-6-7-15(11-14)21(20)23(29)31/h1-9,12,14-15,19-21H,10-11H2,(H2,27,28,32). The molecule has 1 aliphatic heterocycles. The third-order valence-corrected chi connectivity index (χ3v) is 7.11. The summed E-state index contributed by atoms with van der Waals surface area (Å²) in [5, 5.41) is 6.24. The number of allylic oxidation sites excluding steroid dienone is 2. The van der Waals surface area contributed by atoms with Gasteiger partial charge in [0.25, 0.3) is 0 Å². The minimum atomic E-state index is -0.812. The summed E-state index contributed by atoms with van der Waals surface area (Å²) < 4.78 is 0. The molecule has 2 aliphatic carbocycles. The normalized spacial score (nSPS) is 26.4. The number of anilines is 1. The van der Waals surface area contributed by atoms with Crippen LogP contribution in [0.4, 0.5) is 10.5 Å². The van der Waals surface area contributed by atoms with Gasteiger partial charge in [-0.15, -0.1) is 0 Å². The number of imide groups is 1. The van der Waals surface area contributed by atoms with Gasteiger partial charge in [-0.25, -0.2) is 4.79 Å². The molecule has 3 aliphatic rings. The molecule has 0 spiro atoms. The van der Waals surface area contributed by atoms with Crippen molar-refractivity contribution in [2.75, 3.05) is 5.32 Å². The molecular formula is C24H21Cl2N3O3. The Labute approximate surface area is 195 Å². The molecule has 5 rings (SSSR count). The van der Waals surface area contributed by atoms with Crippen molar-refractivity contribution in [1.82, 2.24) is 10.2 Å². The van der Waals surface area contributed by atoms with Crippen LogP contribution in [0.15, 0.2) is 60.7 Å². The molecule has 4 amide bonds. The van der Waals surface area contributed by atoms with Crippen molar-refractivity contribution in [2.24, 2.45) is 23.7 Å². The molecule has 2 aromatic carbocycles. The number of halogens is 2. The van der Waals surface area contributed by atoms with E-state index >= 15 is 0 Å². The van der Waals surface area contributed by atoms with Gasteiger partial charge >= 0.3 is 6.03 Å². The predicted molar refractivity (Wildman–Crippen MR) is 122 cm³/mol. The summed E-state index contributed by atoms with van der Waals surface area (Å²) in [6, 6.07) is 13.6. The maximum atomic E-state index is 13.3. The van der Waals surface area contributed by atoms with Crippen molar-refractivity contribution in [3.8, 4) is 0 Å². The van der Waals surface area contributed by atoms with Gasteiger partial charge in [0, 0.05) is 11.4 Å². The second-order valence-corrected chi connectivity index (χ2v) is 9.32. The van der Waals surface area contributed by atoms with Gasteiger partial charge in [0.05, 0.1) is 22.5 Å². The summed E-state index contributed by atoms with van der Waals surface area (Å²) in [6.45, 7) is 0. The molecule has 6 nitrogen and oxygen atoms in total. The smallest absolute Gasteiger partial charge is 0.317 e. The Hall–Kier alpha value is -2.83. The highest BCUT2D eigenvalue weighted by Crippen LogP contribution is 2.52. The number of urea groups is 1. The minimum Gasteiger partial charge on any atom is -0.317 e. The van der Waals surface area contributed by atoms with Crippen molar-refractivity contribution in [3.63, 3.8) is 0 Å². The van der Waals surface area contributed by atoms with E-state index in [1.54, 1.807) is 12.1 Å². The molecule has 1 saturated carbocycles. The molecule has 5 atom stereocenters. The van der Waals surface area contributed by atoms with Crippen molar-refractivity contribution in [1.29, 1.82) is 0 Å². The van der Waals surface area contributed by atoms with Gasteiger partial charge < -0.3 is 10.6 Å². The van der Waals surface area contributed by atoms with Gasteiger partial charge in [-0.3, -0.25) is 14.5 Å². The van der Waals surface area contributed by atoms with Gasteiger partial charge in [0.2, 0.25) is 11.8 Å². The fourth-order valence-electron chi connectivity index (χ4n) is 5.18. The Kier molecular flexibility index (Phi) is 5.43. The fraction of sp³-hybridized carbons (Fsp3) is 0.292. The Balaban J connectivity index is 1.39. The van der Waals surface area contributed by atoms with E-state index in [1.807, 2.05) is 30.3 Å². The molecule has 2 N–H and O–H groups in total. The first-order valence-corrected chi connectivity index (χ1v) is 11.3. The van der Waals surface area contributed by atoms with Crippen LogP contribution < -0.4 is 10.6 Å². The number of carbonyl (C=O) groups is 3. The monoisotopic (exact) mass is 469 g/mol. The summed E-state index contributed by atoms with van der Waals surface area (Å²) in [6.07, 6.45) is 4.45. The summed E-state index contributed by atoms with van der Waals surface area (Å²) >= 11 is 12.1. The lowest BCUT2D eigenvalue weighted by Crippen LogP contribution is -2.53. The van der Waals surface area contributed by atoms with Crippen LogP contribution in [-0.2, 0) is 16.0 Å². The van der Waals surface area contributed by atoms with E-state index in [0.717, 1.165) is 12.0 Å². The maximum Gasteiger partial charge on any atom is 0.320 e. The first-order chi connectivity index (χ1) is 15.4. The molecule has 2 bridgehead atoms. The minimum absolute atomic E-state index is 0.102. The first kappa shape index (κ1) is 21.0. The fourth-order valence-corrected chi connectivity index (χ4v) is 5.63. The average Bonchev–Trinajstić information content (AvgIpc) is 3.44. The van der Waals surface area contributed by atoms with Crippen LogP contribution in [0.25, 0.3) is 0 Å². The SMILES string of the molecule is O=C(Nc1ccc(Cl)cc1Cl)NC(Cc1ccccc1)N1C(=O)C2C3C=CC(C3)C2C1=O. The zero-order chi connectivity index (χ0) is 22.4. The number of nitrogens with zero attached hydrogens (tertiary/aromatic N) is 1. The second-order valence-electron chi connectivity index (χ2n) is 8.47. The zero-order valence-electron chi connectivity index (χ0n) is 17.0. The van der Waals surface area contributed by atoms with Crippen LogP contribution in [0.1, 0.15) is 12.0 Å². The number of benzene rings is 2. The summed E-state index contributed by atoms with van der Waals surface area (Å²) in [7, 11) is 0. The van der Waals surface area contributed by atoms with Crippen molar-refractivity contribution >= 4 is 46.7 Å².